The van der Waals surface area contributed by atoms with Crippen molar-refractivity contribution in [1.29, 1.82) is 0 Å². The van der Waals surface area contributed by atoms with E-state index in [0.717, 1.165) is 41.0 Å². The molecule has 1 saturated carbocycles. The van der Waals surface area contributed by atoms with E-state index in [-0.39, 0.29) is 12.0 Å². The maximum absolute atomic E-state index is 12.4. The third-order valence-electron chi connectivity index (χ3n) is 4.88. The Balaban J connectivity index is 1.71. The highest BCUT2D eigenvalue weighted by molar-refractivity contribution is 5.96. The van der Waals surface area contributed by atoms with Crippen molar-refractivity contribution in [2.45, 2.75) is 38.8 Å². The highest BCUT2D eigenvalue weighted by Crippen LogP contribution is 2.27. The van der Waals surface area contributed by atoms with Gasteiger partial charge >= 0.3 is 0 Å². The summed E-state index contributed by atoms with van der Waals surface area (Å²) in [6.07, 6.45) is 3.98. The number of methoxy groups -OCH3 is 1. The third kappa shape index (κ3) is 3.08. The third-order valence-corrected chi connectivity index (χ3v) is 4.88. The van der Waals surface area contributed by atoms with E-state index < -0.39 is 0 Å². The maximum atomic E-state index is 12.4. The van der Waals surface area contributed by atoms with Gasteiger partial charge in [-0.25, -0.2) is 0 Å². The van der Waals surface area contributed by atoms with E-state index >= 15 is 0 Å². The van der Waals surface area contributed by atoms with Gasteiger partial charge in [0.15, 0.2) is 11.5 Å². The molecule has 1 amide bonds. The van der Waals surface area contributed by atoms with Gasteiger partial charge in [-0.1, -0.05) is 6.07 Å². The molecule has 1 N–H and O–H groups in total. The van der Waals surface area contributed by atoms with Crippen LogP contribution in [-0.2, 0) is 4.74 Å². The van der Waals surface area contributed by atoms with E-state index in [4.69, 9.17) is 4.74 Å². The van der Waals surface area contributed by atoms with Crippen LogP contribution in [0, 0.1) is 6.92 Å². The normalized spacial score (nSPS) is 15.2. The van der Waals surface area contributed by atoms with Crippen LogP contribution in [0.2, 0.25) is 0 Å². The van der Waals surface area contributed by atoms with Crippen LogP contribution >= 0.6 is 0 Å². The zero-order valence-electron chi connectivity index (χ0n) is 15.2. The number of rotatable bonds is 5. The smallest absolute Gasteiger partial charge is 0.251 e. The van der Waals surface area contributed by atoms with Crippen LogP contribution in [0.5, 0.6) is 0 Å². The fraction of sp³-hybridized carbons (Fsp3) is 0.350. The number of nitrogens with zero attached hydrogens (tertiary/aromatic N) is 3. The molecule has 26 heavy (non-hydrogen) atoms. The average molecular weight is 350 g/mol. The molecular formula is C20H22N4O2. The van der Waals surface area contributed by atoms with Crippen molar-refractivity contribution in [2.75, 3.05) is 7.11 Å². The molecule has 0 bridgehead atoms. The molecule has 0 saturated heterocycles. The van der Waals surface area contributed by atoms with Gasteiger partial charge in [0.05, 0.1) is 0 Å². The number of fused-ring (bicyclic) bond motifs is 1. The van der Waals surface area contributed by atoms with Crippen LogP contribution in [-0.4, -0.2) is 33.7 Å². The molecule has 0 aliphatic heterocycles. The van der Waals surface area contributed by atoms with E-state index in [1.807, 2.05) is 54.8 Å². The molecule has 1 aliphatic rings. The predicted octanol–water partition coefficient (Wildman–Crippen LogP) is 3.30. The largest absolute Gasteiger partial charge is 0.374 e. The van der Waals surface area contributed by atoms with Crippen molar-refractivity contribution in [3.63, 3.8) is 0 Å². The number of carbonyl (C=O) groups excluding carboxylic acids is 1. The lowest BCUT2D eigenvalue weighted by molar-refractivity contribution is 0.0951. The molecule has 0 spiro atoms. The van der Waals surface area contributed by atoms with E-state index in [1.54, 1.807) is 7.11 Å². The summed E-state index contributed by atoms with van der Waals surface area (Å²) < 4.78 is 7.27. The molecule has 6 heteroatoms. The molecule has 0 radical (unpaired) electrons. The molecule has 2 heterocycles. The minimum absolute atomic E-state index is 0.00601. The summed E-state index contributed by atoms with van der Waals surface area (Å²) in [5.74, 6) is 0.761. The molecule has 1 aromatic carbocycles. The van der Waals surface area contributed by atoms with Crippen LogP contribution in [0.15, 0.2) is 36.5 Å². The lowest BCUT2D eigenvalue weighted by atomic mass is 9.98. The second-order valence-electron chi connectivity index (χ2n) is 6.86. The lowest BCUT2D eigenvalue weighted by Crippen LogP contribution is -2.25. The minimum atomic E-state index is -0.132. The standard InChI is InChI=1S/C20H22N4O2/c1-12-4-5-15(20(25)21-16-6-7-16)10-17(12)14-8-9-24-18(11-14)22-23-19(24)13(2)26-3/h4-5,8-11,13,16H,6-7H2,1-3H3,(H,21,25). The predicted molar refractivity (Wildman–Crippen MR) is 99.1 cm³/mol. The van der Waals surface area contributed by atoms with E-state index in [1.165, 1.54) is 0 Å². The molecule has 1 aliphatic carbocycles. The quantitative estimate of drug-likeness (QED) is 0.766. The Morgan fingerprint density at radius 3 is 2.81 bits per heavy atom. The van der Waals surface area contributed by atoms with Gasteiger partial charge in [-0.05, 0) is 67.6 Å². The van der Waals surface area contributed by atoms with Gasteiger partial charge in [0.2, 0.25) is 0 Å². The molecule has 3 aromatic rings. The van der Waals surface area contributed by atoms with Crippen LogP contribution < -0.4 is 5.32 Å². The summed E-state index contributed by atoms with van der Waals surface area (Å²) in [6.45, 7) is 3.99. The van der Waals surface area contributed by atoms with Crippen LogP contribution in [0.4, 0.5) is 0 Å². The molecule has 134 valence electrons. The number of benzene rings is 1. The zero-order chi connectivity index (χ0) is 18.3. The Hall–Kier alpha value is -2.73. The Morgan fingerprint density at radius 1 is 1.27 bits per heavy atom. The first-order chi connectivity index (χ1) is 12.6. The molecule has 4 rings (SSSR count). The van der Waals surface area contributed by atoms with Crippen molar-refractivity contribution in [2.24, 2.45) is 0 Å². The van der Waals surface area contributed by atoms with E-state index in [9.17, 15) is 4.79 Å². The maximum Gasteiger partial charge on any atom is 0.251 e. The fourth-order valence-electron chi connectivity index (χ4n) is 3.03. The van der Waals surface area contributed by atoms with Crippen molar-refractivity contribution in [3.8, 4) is 11.1 Å². The highest BCUT2D eigenvalue weighted by atomic mass is 16.5. The Morgan fingerprint density at radius 2 is 2.08 bits per heavy atom. The number of amides is 1. The first kappa shape index (κ1) is 16.7. The number of pyridine rings is 1. The monoisotopic (exact) mass is 350 g/mol. The Bertz CT molecular complexity index is 975. The topological polar surface area (TPSA) is 68.5 Å². The molecule has 1 unspecified atom stereocenters. The summed E-state index contributed by atoms with van der Waals surface area (Å²) in [6, 6.07) is 10.2. The van der Waals surface area contributed by atoms with Gasteiger partial charge in [-0.3, -0.25) is 9.20 Å². The van der Waals surface area contributed by atoms with Gasteiger partial charge in [0, 0.05) is 24.9 Å². The molecular weight excluding hydrogens is 328 g/mol. The van der Waals surface area contributed by atoms with Crippen molar-refractivity contribution in [1.82, 2.24) is 19.9 Å². The fourth-order valence-corrected chi connectivity index (χ4v) is 3.03. The lowest BCUT2D eigenvalue weighted by Gasteiger charge is -2.11. The number of aromatic nitrogens is 3. The van der Waals surface area contributed by atoms with E-state index in [2.05, 4.69) is 15.5 Å². The second kappa shape index (κ2) is 6.53. The number of hydrogen-bond donors (Lipinski definition) is 1. The molecule has 2 aromatic heterocycles. The number of aryl methyl sites for hydroxylation is 1. The molecule has 1 atom stereocenters. The van der Waals surface area contributed by atoms with Crippen molar-refractivity contribution < 1.29 is 9.53 Å². The van der Waals surface area contributed by atoms with Crippen LogP contribution in [0.3, 0.4) is 0 Å². The first-order valence-electron chi connectivity index (χ1n) is 8.86. The van der Waals surface area contributed by atoms with Gasteiger partial charge in [-0.15, -0.1) is 10.2 Å². The summed E-state index contributed by atoms with van der Waals surface area (Å²) in [5.41, 5.74) is 4.60. The number of hydrogen-bond acceptors (Lipinski definition) is 4. The highest BCUT2D eigenvalue weighted by Gasteiger charge is 2.24. The van der Waals surface area contributed by atoms with Crippen LogP contribution in [0.1, 0.15) is 47.6 Å². The molecule has 1 fully saturated rings. The summed E-state index contributed by atoms with van der Waals surface area (Å²) in [7, 11) is 1.65. The van der Waals surface area contributed by atoms with Gasteiger partial charge in [-0.2, -0.15) is 0 Å². The number of ether oxygens (including phenoxy) is 1. The summed E-state index contributed by atoms with van der Waals surface area (Å²) in [4.78, 5) is 12.4. The van der Waals surface area contributed by atoms with Crippen LogP contribution in [0.25, 0.3) is 16.8 Å². The summed E-state index contributed by atoms with van der Waals surface area (Å²) >= 11 is 0. The second-order valence-corrected chi connectivity index (χ2v) is 6.86. The summed E-state index contributed by atoms with van der Waals surface area (Å²) in [5, 5.41) is 11.5. The minimum Gasteiger partial charge on any atom is -0.374 e. The van der Waals surface area contributed by atoms with Crippen molar-refractivity contribution in [3.05, 3.63) is 53.5 Å². The van der Waals surface area contributed by atoms with Gasteiger partial charge < -0.3 is 10.1 Å². The first-order valence-corrected chi connectivity index (χ1v) is 8.86. The molecule has 6 nitrogen and oxygen atoms in total. The van der Waals surface area contributed by atoms with E-state index in [0.29, 0.717) is 11.6 Å². The Labute approximate surface area is 152 Å². The van der Waals surface area contributed by atoms with Gasteiger partial charge in [0.25, 0.3) is 5.91 Å². The van der Waals surface area contributed by atoms with Crippen molar-refractivity contribution >= 4 is 11.6 Å². The zero-order valence-corrected chi connectivity index (χ0v) is 15.2. The average Bonchev–Trinajstić information content (AvgIpc) is 3.36. The number of carbonyl (C=O) groups is 1. The number of nitrogens with one attached hydrogen (secondary N) is 1. The Kier molecular flexibility index (Phi) is 4.20. The SMILES string of the molecule is COC(C)c1nnc2cc(-c3cc(C(=O)NC4CC4)ccc3C)ccn12. The van der Waals surface area contributed by atoms with Gasteiger partial charge in [0.1, 0.15) is 6.10 Å².